The first-order chi connectivity index (χ1) is 9.74. The number of rotatable bonds is 15. The molecule has 0 radical (unpaired) electrons. The van der Waals surface area contributed by atoms with Crippen LogP contribution in [0, 0.1) is 0 Å². The summed E-state index contributed by atoms with van der Waals surface area (Å²) in [6.45, 7) is 9.23. The Hall–Kier alpha value is 1.03. The summed E-state index contributed by atoms with van der Waals surface area (Å²) in [5, 5.41) is 0. The first kappa shape index (κ1) is 21.0. The number of unbranched alkanes of at least 4 members (excludes halogenated alkanes) is 3. The summed E-state index contributed by atoms with van der Waals surface area (Å²) in [6, 6.07) is 0. The molecule has 122 valence electrons. The van der Waals surface area contributed by atoms with Crippen LogP contribution in [0.5, 0.6) is 0 Å². The van der Waals surface area contributed by atoms with Crippen LogP contribution in [0.2, 0.25) is 4.44 Å². The molecule has 0 aliphatic carbocycles. The fourth-order valence-corrected chi connectivity index (χ4v) is 16.1. The molecule has 5 heteroatoms. The molecule has 0 rings (SSSR count). The molecule has 0 saturated carbocycles. The molecule has 0 aromatic carbocycles. The summed E-state index contributed by atoms with van der Waals surface area (Å²) >= 11 is -0.855. The van der Waals surface area contributed by atoms with Crippen LogP contribution in [0.3, 0.4) is 0 Å². The molecular formula is C15H35NO2SSn. The molecule has 0 unspecified atom stereocenters. The molecule has 20 heavy (non-hydrogen) atoms. The molecule has 2 N–H and O–H groups in total. The first-order valence-electron chi connectivity index (χ1n) is 8.30. The Bertz CT molecular complexity index is 182. The van der Waals surface area contributed by atoms with Gasteiger partial charge in [0.2, 0.25) is 0 Å². The number of hydrogen-bond acceptors (Lipinski definition) is 4. The van der Waals surface area contributed by atoms with Gasteiger partial charge in [0.1, 0.15) is 0 Å². The average molecular weight is 412 g/mol. The van der Waals surface area contributed by atoms with Crippen LogP contribution in [0.1, 0.15) is 59.3 Å². The Morgan fingerprint density at radius 1 is 0.900 bits per heavy atom. The minimum atomic E-state index is -2.86. The van der Waals surface area contributed by atoms with Crippen molar-refractivity contribution in [1.82, 2.24) is 0 Å². The van der Waals surface area contributed by atoms with Crippen molar-refractivity contribution in [3.05, 3.63) is 0 Å². The predicted molar refractivity (Wildman–Crippen MR) is 93.6 cm³/mol. The first-order valence-corrected chi connectivity index (χ1v) is 15.8. The van der Waals surface area contributed by atoms with Gasteiger partial charge < -0.3 is 0 Å². The number of hydrogen-bond donors (Lipinski definition) is 1. The van der Waals surface area contributed by atoms with Crippen molar-refractivity contribution < 1.29 is 6.15 Å². The van der Waals surface area contributed by atoms with E-state index in [0.717, 1.165) is 48.5 Å². The SMILES string of the molecule is CCCC[O][Sn]([CH2]CCCN)([CH2]SCC)[O]CCCC. The fourth-order valence-electron chi connectivity index (χ4n) is 1.94. The van der Waals surface area contributed by atoms with Crippen LogP contribution < -0.4 is 5.73 Å². The predicted octanol–water partition coefficient (Wildman–Crippen LogP) is 4.09. The van der Waals surface area contributed by atoms with Crippen molar-refractivity contribution >= 4 is 31.0 Å². The third-order valence-electron chi connectivity index (χ3n) is 3.26. The van der Waals surface area contributed by atoms with Gasteiger partial charge in [-0.2, -0.15) is 0 Å². The van der Waals surface area contributed by atoms with E-state index in [9.17, 15) is 0 Å². The molecule has 0 bridgehead atoms. The van der Waals surface area contributed by atoms with Gasteiger partial charge in [-0.25, -0.2) is 0 Å². The molecule has 0 fully saturated rings. The second-order valence-corrected chi connectivity index (χ2v) is 17.2. The maximum atomic E-state index is 6.39. The van der Waals surface area contributed by atoms with Crippen LogP contribution in [0.15, 0.2) is 0 Å². The molecule has 0 amide bonds. The standard InChI is InChI=1S/C4H10N.2C4H9O.C3H7S.Sn/c3*1-2-3-4-5;1-3-4-2;/h1-5H2;2*2-4H2,1H3;2-3H2,1H3;/q;2*-1;;+2. The second-order valence-electron chi connectivity index (χ2n) is 5.20. The maximum absolute atomic E-state index is 6.39. The zero-order valence-electron chi connectivity index (χ0n) is 13.8. The number of nitrogens with two attached hydrogens (primary N) is 1. The van der Waals surface area contributed by atoms with Crippen molar-refractivity contribution in [3.63, 3.8) is 0 Å². The van der Waals surface area contributed by atoms with E-state index in [1.807, 2.05) is 11.8 Å². The van der Waals surface area contributed by atoms with Crippen LogP contribution in [-0.2, 0) is 6.15 Å². The van der Waals surface area contributed by atoms with E-state index in [4.69, 9.17) is 11.9 Å². The summed E-state index contributed by atoms with van der Waals surface area (Å²) in [6.07, 6.45) is 6.98. The van der Waals surface area contributed by atoms with E-state index >= 15 is 0 Å². The van der Waals surface area contributed by atoms with E-state index in [1.54, 1.807) is 0 Å². The Labute approximate surface area is 135 Å². The molecule has 0 atom stereocenters. The monoisotopic (exact) mass is 413 g/mol. The van der Waals surface area contributed by atoms with Crippen molar-refractivity contribution in [2.75, 3.05) is 29.3 Å². The molecule has 0 saturated heterocycles. The van der Waals surface area contributed by atoms with Crippen LogP contribution in [0.25, 0.3) is 0 Å². The molecule has 0 aliphatic rings. The van der Waals surface area contributed by atoms with Crippen molar-refractivity contribution in [1.29, 1.82) is 0 Å². The summed E-state index contributed by atoms with van der Waals surface area (Å²) < 4.78 is 15.1. The van der Waals surface area contributed by atoms with Crippen molar-refractivity contribution in [3.8, 4) is 0 Å². The molecule has 0 aromatic rings. The van der Waals surface area contributed by atoms with E-state index in [1.165, 1.54) is 23.7 Å². The molecule has 0 heterocycles. The molecule has 3 nitrogen and oxygen atoms in total. The fraction of sp³-hybridized carbons (Fsp3) is 1.00. The van der Waals surface area contributed by atoms with Crippen molar-refractivity contribution in [2.45, 2.75) is 63.7 Å². The van der Waals surface area contributed by atoms with Gasteiger partial charge in [0.25, 0.3) is 0 Å². The van der Waals surface area contributed by atoms with Gasteiger partial charge in [-0.05, 0) is 0 Å². The van der Waals surface area contributed by atoms with Gasteiger partial charge in [-0.1, -0.05) is 0 Å². The quantitative estimate of drug-likeness (QED) is 0.325. The molecular weight excluding hydrogens is 377 g/mol. The Morgan fingerprint density at radius 3 is 1.95 bits per heavy atom. The second kappa shape index (κ2) is 14.9. The molecule has 0 spiro atoms. The van der Waals surface area contributed by atoms with E-state index in [-0.39, 0.29) is 0 Å². The van der Waals surface area contributed by atoms with Gasteiger partial charge in [0, 0.05) is 0 Å². The normalized spacial score (nSPS) is 12.0. The molecule has 0 aliphatic heterocycles. The van der Waals surface area contributed by atoms with Gasteiger partial charge in [0.15, 0.2) is 0 Å². The third kappa shape index (κ3) is 10.7. The van der Waals surface area contributed by atoms with Crippen LogP contribution >= 0.6 is 11.8 Å². The van der Waals surface area contributed by atoms with Crippen LogP contribution in [-0.4, -0.2) is 48.5 Å². The van der Waals surface area contributed by atoms with Gasteiger partial charge in [0.05, 0.1) is 0 Å². The van der Waals surface area contributed by atoms with E-state index in [0.29, 0.717) is 0 Å². The third-order valence-corrected chi connectivity index (χ3v) is 17.2. The van der Waals surface area contributed by atoms with Crippen molar-refractivity contribution in [2.24, 2.45) is 5.73 Å². The summed E-state index contributed by atoms with van der Waals surface area (Å²) in [5.74, 6) is 1.16. The van der Waals surface area contributed by atoms with Gasteiger partial charge in [-0.3, -0.25) is 0 Å². The average Bonchev–Trinajstić information content (AvgIpc) is 2.46. The summed E-state index contributed by atoms with van der Waals surface area (Å²) in [5.41, 5.74) is 5.64. The van der Waals surface area contributed by atoms with E-state index < -0.39 is 19.2 Å². The van der Waals surface area contributed by atoms with Gasteiger partial charge >= 0.3 is 136 Å². The zero-order chi connectivity index (χ0) is 15.1. The Morgan fingerprint density at radius 2 is 1.50 bits per heavy atom. The van der Waals surface area contributed by atoms with E-state index in [2.05, 4.69) is 20.8 Å². The summed E-state index contributed by atoms with van der Waals surface area (Å²) in [4.78, 5) is 0. The van der Waals surface area contributed by atoms with Crippen LogP contribution in [0.4, 0.5) is 0 Å². The topological polar surface area (TPSA) is 44.5 Å². The number of thioether (sulfide) groups is 1. The molecule has 0 aromatic heterocycles. The zero-order valence-corrected chi connectivity index (χ0v) is 17.5. The minimum absolute atomic E-state index is 0.785. The summed E-state index contributed by atoms with van der Waals surface area (Å²) in [7, 11) is 0. The Balaban J connectivity index is 4.48. The van der Waals surface area contributed by atoms with Gasteiger partial charge in [-0.15, -0.1) is 0 Å². The Kier molecular flexibility index (Phi) is 15.7.